The fourth-order valence-electron chi connectivity index (χ4n) is 2.74. The van der Waals surface area contributed by atoms with Crippen LogP contribution in [-0.2, 0) is 22.9 Å². The molecule has 2 atom stereocenters. The average Bonchev–Trinajstić information content (AvgIpc) is 2.49. The van der Waals surface area contributed by atoms with E-state index in [1.807, 2.05) is 20.8 Å². The van der Waals surface area contributed by atoms with E-state index in [0.717, 1.165) is 0 Å². The third-order valence-electron chi connectivity index (χ3n) is 3.90. The molecule has 0 rings (SSSR count). The Kier molecular flexibility index (Phi) is 9.02. The maximum absolute atomic E-state index is 12.1. The number of carbonyl (C=O) groups excluding carboxylic acids is 1. The van der Waals surface area contributed by atoms with Gasteiger partial charge in [0.2, 0.25) is 0 Å². The molecule has 0 spiro atoms. The number of hydrogen-bond acceptors (Lipinski definition) is 6. The maximum atomic E-state index is 12.1. The first-order chi connectivity index (χ1) is 10.3. The molecular weight excluding hydrogens is 306 g/mol. The number of carboxylic acids is 1. The number of carboxylic acid groups (broad SMARTS) is 1. The van der Waals surface area contributed by atoms with Gasteiger partial charge in [0.15, 0.2) is 0 Å². The molecule has 0 aliphatic carbocycles. The largest absolute Gasteiger partial charge is 0.505 e. The summed E-state index contributed by atoms with van der Waals surface area (Å²) in [5, 5.41) is 12.9. The van der Waals surface area contributed by atoms with Gasteiger partial charge < -0.3 is 28.5 Å². The molecule has 0 saturated carbocycles. The van der Waals surface area contributed by atoms with Crippen LogP contribution in [0.1, 0.15) is 33.6 Å². The van der Waals surface area contributed by atoms with Crippen LogP contribution in [0.4, 0.5) is 0 Å². The van der Waals surface area contributed by atoms with Crippen LogP contribution >= 0.6 is 0 Å². The fourth-order valence-corrected chi connectivity index (χ4v) is 5.54. The standard InChI is InChI=1S/C14H29NO6Si/c1-7-12(22(19-4,20-5)21-6)14(8-9-16,13(17)18)15-10-11(2)3/h9,11-12,15H,7-8,10H2,1-6H3,(H,17,18). The topological polar surface area (TPSA) is 94.1 Å². The maximum Gasteiger partial charge on any atom is 0.505 e. The Morgan fingerprint density at radius 2 is 1.77 bits per heavy atom. The second-order valence-electron chi connectivity index (χ2n) is 5.60. The highest BCUT2D eigenvalue weighted by Gasteiger charge is 2.60. The Labute approximate surface area is 133 Å². The third-order valence-corrected chi connectivity index (χ3v) is 7.36. The minimum atomic E-state index is -3.26. The summed E-state index contributed by atoms with van der Waals surface area (Å²) in [5.41, 5.74) is -2.07. The first-order valence-corrected chi connectivity index (χ1v) is 9.17. The van der Waals surface area contributed by atoms with Crippen LogP contribution in [0.2, 0.25) is 5.54 Å². The van der Waals surface area contributed by atoms with Gasteiger partial charge in [-0.1, -0.05) is 20.8 Å². The van der Waals surface area contributed by atoms with Gasteiger partial charge in [0.1, 0.15) is 11.8 Å². The molecule has 0 aromatic heterocycles. The highest BCUT2D eigenvalue weighted by Crippen LogP contribution is 2.39. The molecule has 0 heterocycles. The van der Waals surface area contributed by atoms with Crippen molar-refractivity contribution in [1.29, 1.82) is 0 Å². The fraction of sp³-hybridized carbons (Fsp3) is 0.857. The molecule has 0 aromatic carbocycles. The van der Waals surface area contributed by atoms with Crippen LogP contribution < -0.4 is 5.32 Å². The normalized spacial score (nSPS) is 16.3. The zero-order valence-corrected chi connectivity index (χ0v) is 15.3. The van der Waals surface area contributed by atoms with Gasteiger partial charge in [-0.05, 0) is 18.9 Å². The summed E-state index contributed by atoms with van der Waals surface area (Å²) >= 11 is 0. The molecule has 0 aliphatic rings. The minimum absolute atomic E-state index is 0.182. The van der Waals surface area contributed by atoms with E-state index in [0.29, 0.717) is 19.3 Å². The molecule has 8 heteroatoms. The van der Waals surface area contributed by atoms with Crippen LogP contribution in [0.5, 0.6) is 0 Å². The molecule has 0 aromatic rings. The van der Waals surface area contributed by atoms with Gasteiger partial charge in [0.25, 0.3) is 0 Å². The number of aldehydes is 1. The Morgan fingerprint density at radius 3 is 2.05 bits per heavy atom. The van der Waals surface area contributed by atoms with Crippen molar-refractivity contribution in [3.63, 3.8) is 0 Å². The van der Waals surface area contributed by atoms with E-state index in [-0.39, 0.29) is 12.3 Å². The van der Waals surface area contributed by atoms with Gasteiger partial charge in [-0.15, -0.1) is 0 Å². The second-order valence-corrected chi connectivity index (χ2v) is 8.73. The highest BCUT2D eigenvalue weighted by molar-refractivity contribution is 6.63. The van der Waals surface area contributed by atoms with Gasteiger partial charge in [0.05, 0.1) is 5.54 Å². The molecular formula is C14H29NO6Si. The van der Waals surface area contributed by atoms with Gasteiger partial charge in [0, 0.05) is 27.8 Å². The molecule has 0 radical (unpaired) electrons. The van der Waals surface area contributed by atoms with Crippen molar-refractivity contribution in [2.75, 3.05) is 27.9 Å². The molecule has 0 aliphatic heterocycles. The van der Waals surface area contributed by atoms with E-state index in [9.17, 15) is 14.7 Å². The smallest absolute Gasteiger partial charge is 0.480 e. The number of nitrogens with one attached hydrogen (secondary N) is 1. The molecule has 0 saturated heterocycles. The van der Waals surface area contributed by atoms with Gasteiger partial charge in [-0.25, -0.2) is 0 Å². The minimum Gasteiger partial charge on any atom is -0.480 e. The average molecular weight is 335 g/mol. The van der Waals surface area contributed by atoms with Crippen LogP contribution in [0, 0.1) is 5.92 Å². The Morgan fingerprint density at radius 1 is 1.27 bits per heavy atom. The molecule has 22 heavy (non-hydrogen) atoms. The Balaban J connectivity index is 5.95. The van der Waals surface area contributed by atoms with Crippen LogP contribution in [-0.4, -0.2) is 59.6 Å². The molecule has 130 valence electrons. The first kappa shape index (κ1) is 21.2. The molecule has 7 nitrogen and oxygen atoms in total. The zero-order chi connectivity index (χ0) is 17.4. The van der Waals surface area contributed by atoms with Crippen LogP contribution in [0.25, 0.3) is 0 Å². The second kappa shape index (κ2) is 9.36. The molecule has 0 bridgehead atoms. The van der Waals surface area contributed by atoms with Crippen LogP contribution in [0.15, 0.2) is 0 Å². The lowest BCUT2D eigenvalue weighted by Crippen LogP contribution is -2.65. The summed E-state index contributed by atoms with van der Waals surface area (Å²) in [7, 11) is 1.07. The molecule has 2 unspecified atom stereocenters. The Hall–Kier alpha value is -0.803. The van der Waals surface area contributed by atoms with Crippen molar-refractivity contribution in [3.8, 4) is 0 Å². The van der Waals surface area contributed by atoms with Gasteiger partial charge in [-0.3, -0.25) is 4.79 Å². The van der Waals surface area contributed by atoms with E-state index < -0.39 is 25.9 Å². The van der Waals surface area contributed by atoms with E-state index >= 15 is 0 Å². The Bertz CT molecular complexity index is 353. The molecule has 0 amide bonds. The van der Waals surface area contributed by atoms with E-state index in [4.69, 9.17) is 13.3 Å². The van der Waals surface area contributed by atoms with Crippen molar-refractivity contribution in [1.82, 2.24) is 5.32 Å². The van der Waals surface area contributed by atoms with Crippen molar-refractivity contribution in [2.45, 2.75) is 44.7 Å². The van der Waals surface area contributed by atoms with E-state index in [1.165, 1.54) is 21.3 Å². The summed E-state index contributed by atoms with van der Waals surface area (Å²) in [4.78, 5) is 23.2. The number of hydrogen-bond donors (Lipinski definition) is 2. The predicted octanol–water partition coefficient (Wildman–Crippen LogP) is 1.30. The third kappa shape index (κ3) is 4.36. The highest BCUT2D eigenvalue weighted by atomic mass is 28.4. The van der Waals surface area contributed by atoms with E-state index in [2.05, 4.69) is 5.32 Å². The van der Waals surface area contributed by atoms with E-state index in [1.54, 1.807) is 0 Å². The lowest BCUT2D eigenvalue weighted by atomic mass is 9.89. The SMILES string of the molecule is CCC(C(CC=O)(NCC(C)C)C(=O)O)[Si](OC)(OC)OC. The summed E-state index contributed by atoms with van der Waals surface area (Å²) in [6.45, 7) is 6.23. The quantitative estimate of drug-likeness (QED) is 0.410. The van der Waals surface area contributed by atoms with Crippen molar-refractivity contribution in [3.05, 3.63) is 0 Å². The summed E-state index contributed by atoms with van der Waals surface area (Å²) in [6.07, 6.45) is 0.871. The predicted molar refractivity (Wildman–Crippen MR) is 84.7 cm³/mol. The first-order valence-electron chi connectivity index (χ1n) is 7.37. The van der Waals surface area contributed by atoms with Gasteiger partial charge >= 0.3 is 14.8 Å². The lowest BCUT2D eigenvalue weighted by Gasteiger charge is -2.43. The lowest BCUT2D eigenvalue weighted by molar-refractivity contribution is -0.147. The molecule has 2 N–H and O–H groups in total. The molecule has 0 fully saturated rings. The zero-order valence-electron chi connectivity index (χ0n) is 14.3. The monoisotopic (exact) mass is 335 g/mol. The summed E-state index contributed by atoms with van der Waals surface area (Å²) in [6, 6.07) is 0. The summed E-state index contributed by atoms with van der Waals surface area (Å²) in [5.74, 6) is -0.873. The van der Waals surface area contributed by atoms with Crippen molar-refractivity contribution >= 4 is 21.1 Å². The van der Waals surface area contributed by atoms with Gasteiger partial charge in [-0.2, -0.15) is 0 Å². The summed E-state index contributed by atoms with van der Waals surface area (Å²) < 4.78 is 16.4. The number of carbonyl (C=O) groups is 2. The number of aliphatic carboxylic acids is 1. The van der Waals surface area contributed by atoms with Crippen molar-refractivity contribution in [2.24, 2.45) is 5.92 Å². The van der Waals surface area contributed by atoms with Crippen LogP contribution in [0.3, 0.4) is 0 Å². The number of rotatable bonds is 12. The van der Waals surface area contributed by atoms with Crippen molar-refractivity contribution < 1.29 is 28.0 Å².